The maximum atomic E-state index is 12.5. The highest BCUT2D eigenvalue weighted by Crippen LogP contribution is 2.18. The Kier molecular flexibility index (Phi) is 7.18. The highest BCUT2D eigenvalue weighted by Gasteiger charge is 2.21. The lowest BCUT2D eigenvalue weighted by molar-refractivity contribution is -0.154. The van der Waals surface area contributed by atoms with Gasteiger partial charge in [0.05, 0.1) is 17.5 Å². The van der Waals surface area contributed by atoms with Crippen LogP contribution in [-0.4, -0.2) is 34.3 Å². The number of hydrogen-bond acceptors (Lipinski definition) is 5. The van der Waals surface area contributed by atoms with Crippen molar-refractivity contribution in [1.82, 2.24) is 15.1 Å². The number of ether oxygens (including phenoxy) is 1. The molecular weight excluding hydrogens is 394 g/mol. The summed E-state index contributed by atoms with van der Waals surface area (Å²) in [7, 11) is 1.54. The molecule has 3 rings (SSSR count). The average molecular weight is 421 g/mol. The van der Waals surface area contributed by atoms with Gasteiger partial charge in [0.1, 0.15) is 0 Å². The number of rotatable bonds is 8. The molecule has 0 fully saturated rings. The number of benzene rings is 2. The fraction of sp³-hybridized carbons (Fsp3) is 0.333. The summed E-state index contributed by atoms with van der Waals surface area (Å²) in [6, 6.07) is 17.0. The summed E-state index contributed by atoms with van der Waals surface area (Å²) in [5, 5.41) is 8.16. The van der Waals surface area contributed by atoms with E-state index in [2.05, 4.69) is 17.3 Å². The molecule has 2 aromatic carbocycles. The molecule has 7 nitrogen and oxygen atoms in total. The molecule has 1 aromatic heterocycles. The second-order valence-corrected chi connectivity index (χ2v) is 7.49. The SMILES string of the molecule is CC[C@H](CNC(=O)[C@@H](C)OC(=O)Cc1nn(C)c(=O)c2ccccc12)c1ccccc1. The first-order chi connectivity index (χ1) is 14.9. The number of fused-ring (bicyclic) bond motifs is 1. The lowest BCUT2D eigenvalue weighted by Gasteiger charge is -2.18. The van der Waals surface area contributed by atoms with E-state index in [-0.39, 0.29) is 23.8 Å². The van der Waals surface area contributed by atoms with Crippen molar-refractivity contribution in [3.8, 4) is 0 Å². The summed E-state index contributed by atoms with van der Waals surface area (Å²) in [4.78, 5) is 37.1. The van der Waals surface area contributed by atoms with Crippen LogP contribution in [0.4, 0.5) is 0 Å². The Balaban J connectivity index is 1.61. The van der Waals surface area contributed by atoms with E-state index in [4.69, 9.17) is 4.74 Å². The van der Waals surface area contributed by atoms with Crippen LogP contribution in [-0.2, 0) is 27.8 Å². The Morgan fingerprint density at radius 2 is 1.71 bits per heavy atom. The van der Waals surface area contributed by atoms with Gasteiger partial charge in [-0.15, -0.1) is 0 Å². The van der Waals surface area contributed by atoms with Gasteiger partial charge in [-0.1, -0.05) is 55.5 Å². The van der Waals surface area contributed by atoms with Gasteiger partial charge >= 0.3 is 5.97 Å². The van der Waals surface area contributed by atoms with E-state index in [1.165, 1.54) is 11.7 Å². The van der Waals surface area contributed by atoms with E-state index in [1.54, 1.807) is 31.2 Å². The van der Waals surface area contributed by atoms with E-state index in [0.29, 0.717) is 23.0 Å². The molecule has 0 saturated heterocycles. The fourth-order valence-corrected chi connectivity index (χ4v) is 3.53. The van der Waals surface area contributed by atoms with Gasteiger partial charge in [0.2, 0.25) is 0 Å². The molecule has 1 heterocycles. The van der Waals surface area contributed by atoms with Crippen molar-refractivity contribution in [3.05, 3.63) is 76.2 Å². The maximum Gasteiger partial charge on any atom is 0.312 e. The van der Waals surface area contributed by atoms with Crippen LogP contribution in [0.25, 0.3) is 10.8 Å². The quantitative estimate of drug-likeness (QED) is 0.565. The first kappa shape index (κ1) is 22.2. The highest BCUT2D eigenvalue weighted by atomic mass is 16.5. The largest absolute Gasteiger partial charge is 0.452 e. The molecule has 7 heteroatoms. The zero-order valence-corrected chi connectivity index (χ0v) is 18.0. The molecular formula is C24H27N3O4. The number of esters is 1. The van der Waals surface area contributed by atoms with Gasteiger partial charge in [0.25, 0.3) is 11.5 Å². The standard InChI is InChI=1S/C24H27N3O4/c1-4-17(18-10-6-5-7-11-18)15-25-23(29)16(2)31-22(28)14-21-19-12-8-9-13-20(19)24(30)27(3)26-21/h5-13,16-17H,4,14-15H2,1-3H3,(H,25,29)/t16-,17-/m1/s1. The van der Waals surface area contributed by atoms with Gasteiger partial charge in [-0.25, -0.2) is 4.68 Å². The van der Waals surface area contributed by atoms with E-state index in [1.807, 2.05) is 30.3 Å². The monoisotopic (exact) mass is 421 g/mol. The van der Waals surface area contributed by atoms with Crippen LogP contribution >= 0.6 is 0 Å². The zero-order valence-electron chi connectivity index (χ0n) is 18.0. The van der Waals surface area contributed by atoms with Crippen LogP contribution in [0.15, 0.2) is 59.4 Å². The number of amides is 1. The smallest absolute Gasteiger partial charge is 0.312 e. The third-order valence-electron chi connectivity index (χ3n) is 5.31. The Morgan fingerprint density at radius 3 is 2.39 bits per heavy atom. The van der Waals surface area contributed by atoms with Crippen LogP contribution < -0.4 is 10.9 Å². The second-order valence-electron chi connectivity index (χ2n) is 7.49. The molecule has 0 bridgehead atoms. The first-order valence-electron chi connectivity index (χ1n) is 10.4. The van der Waals surface area contributed by atoms with E-state index >= 15 is 0 Å². The molecule has 0 aliphatic carbocycles. The molecule has 0 aliphatic heterocycles. The summed E-state index contributed by atoms with van der Waals surface area (Å²) in [5.41, 5.74) is 1.36. The van der Waals surface area contributed by atoms with E-state index in [0.717, 1.165) is 12.0 Å². The van der Waals surface area contributed by atoms with Crippen LogP contribution in [0.2, 0.25) is 0 Å². The van der Waals surface area contributed by atoms with Gasteiger partial charge in [-0.2, -0.15) is 5.10 Å². The minimum atomic E-state index is -0.931. The van der Waals surface area contributed by atoms with Gasteiger partial charge < -0.3 is 10.1 Å². The molecule has 0 unspecified atom stereocenters. The summed E-state index contributed by atoms with van der Waals surface area (Å²) < 4.78 is 6.53. The van der Waals surface area contributed by atoms with Gasteiger partial charge in [0.15, 0.2) is 6.10 Å². The molecule has 3 aromatic rings. The third-order valence-corrected chi connectivity index (χ3v) is 5.31. The van der Waals surface area contributed by atoms with Crippen LogP contribution in [0.3, 0.4) is 0 Å². The Hall–Kier alpha value is -3.48. The molecule has 0 aliphatic rings. The maximum absolute atomic E-state index is 12.5. The predicted molar refractivity (Wildman–Crippen MR) is 119 cm³/mol. The summed E-state index contributed by atoms with van der Waals surface area (Å²) in [6.07, 6.45) is -0.183. The van der Waals surface area contributed by atoms with Crippen molar-refractivity contribution in [2.45, 2.75) is 38.7 Å². The Morgan fingerprint density at radius 1 is 1.06 bits per heavy atom. The Bertz CT molecular complexity index is 1120. The lowest BCUT2D eigenvalue weighted by Crippen LogP contribution is -2.38. The zero-order chi connectivity index (χ0) is 22.4. The average Bonchev–Trinajstić information content (AvgIpc) is 2.78. The molecule has 31 heavy (non-hydrogen) atoms. The molecule has 162 valence electrons. The topological polar surface area (TPSA) is 90.3 Å². The van der Waals surface area contributed by atoms with E-state index < -0.39 is 12.1 Å². The molecule has 0 spiro atoms. The number of carbonyl (C=O) groups is 2. The molecule has 0 radical (unpaired) electrons. The van der Waals surface area contributed by atoms with Crippen LogP contribution in [0, 0.1) is 0 Å². The van der Waals surface area contributed by atoms with Crippen molar-refractivity contribution in [2.24, 2.45) is 7.05 Å². The molecule has 0 saturated carbocycles. The second kappa shape index (κ2) is 10.0. The number of aryl methyl sites for hydroxylation is 1. The number of hydrogen-bond donors (Lipinski definition) is 1. The van der Waals surface area contributed by atoms with Gasteiger partial charge in [0, 0.05) is 24.9 Å². The van der Waals surface area contributed by atoms with Gasteiger partial charge in [-0.3, -0.25) is 14.4 Å². The normalized spacial score (nSPS) is 12.9. The van der Waals surface area contributed by atoms with Crippen molar-refractivity contribution in [2.75, 3.05) is 6.54 Å². The minimum Gasteiger partial charge on any atom is -0.452 e. The summed E-state index contributed by atoms with van der Waals surface area (Å²) in [6.45, 7) is 4.08. The molecule has 2 atom stereocenters. The van der Waals surface area contributed by atoms with Crippen LogP contribution in [0.5, 0.6) is 0 Å². The Labute approximate surface area is 181 Å². The number of carbonyl (C=O) groups excluding carboxylic acids is 2. The fourth-order valence-electron chi connectivity index (χ4n) is 3.53. The highest BCUT2D eigenvalue weighted by molar-refractivity contribution is 5.88. The number of nitrogens with zero attached hydrogens (tertiary/aromatic N) is 2. The summed E-state index contributed by atoms with van der Waals surface area (Å²) in [5.74, 6) is -0.732. The summed E-state index contributed by atoms with van der Waals surface area (Å²) >= 11 is 0. The number of aromatic nitrogens is 2. The van der Waals surface area contributed by atoms with Gasteiger partial charge in [-0.05, 0) is 25.0 Å². The molecule has 1 amide bonds. The minimum absolute atomic E-state index is 0.131. The van der Waals surface area contributed by atoms with Crippen molar-refractivity contribution < 1.29 is 14.3 Å². The first-order valence-corrected chi connectivity index (χ1v) is 10.4. The van der Waals surface area contributed by atoms with Crippen molar-refractivity contribution in [3.63, 3.8) is 0 Å². The molecule has 1 N–H and O–H groups in total. The van der Waals surface area contributed by atoms with Crippen LogP contribution in [0.1, 0.15) is 37.4 Å². The van der Waals surface area contributed by atoms with E-state index in [9.17, 15) is 14.4 Å². The van der Waals surface area contributed by atoms with Crippen molar-refractivity contribution >= 4 is 22.6 Å². The van der Waals surface area contributed by atoms with Crippen molar-refractivity contribution in [1.29, 1.82) is 0 Å². The third kappa shape index (κ3) is 5.36. The number of nitrogens with one attached hydrogen (secondary N) is 1. The predicted octanol–water partition coefficient (Wildman–Crippen LogP) is 2.72. The lowest BCUT2D eigenvalue weighted by atomic mass is 9.96.